The van der Waals surface area contributed by atoms with Crippen LogP contribution < -0.4 is 4.74 Å². The van der Waals surface area contributed by atoms with Crippen LogP contribution >= 0.6 is 0 Å². The fraction of sp³-hybridized carbons (Fsp3) is 0.526. The Bertz CT molecular complexity index is 710. The van der Waals surface area contributed by atoms with Gasteiger partial charge < -0.3 is 9.64 Å². The fourth-order valence-electron chi connectivity index (χ4n) is 3.22. The summed E-state index contributed by atoms with van der Waals surface area (Å²) in [7, 11) is -0.499. The Labute approximate surface area is 156 Å². The largest absolute Gasteiger partial charge is 0.497 e. The molecule has 0 aromatic heterocycles. The van der Waals surface area contributed by atoms with Crippen molar-refractivity contribution in [1.29, 1.82) is 0 Å². The molecule has 0 radical (unpaired) electrons. The molecule has 0 N–H and O–H groups in total. The van der Waals surface area contributed by atoms with Crippen LogP contribution in [0.5, 0.6) is 5.75 Å². The van der Waals surface area contributed by atoms with Crippen molar-refractivity contribution in [3.63, 3.8) is 0 Å². The number of sulfonamides is 1. The van der Waals surface area contributed by atoms with E-state index in [1.807, 2.05) is 0 Å². The van der Waals surface area contributed by atoms with Gasteiger partial charge in [-0.1, -0.05) is 25.3 Å². The summed E-state index contributed by atoms with van der Waals surface area (Å²) in [4.78, 5) is 14.5. The van der Waals surface area contributed by atoms with Crippen LogP contribution in [0.25, 0.3) is 0 Å². The third-order valence-electron chi connectivity index (χ3n) is 4.86. The van der Waals surface area contributed by atoms with Crippen molar-refractivity contribution in [2.24, 2.45) is 0 Å². The molecule has 2 rings (SSSR count). The van der Waals surface area contributed by atoms with Gasteiger partial charge in [-0.15, -0.1) is 6.58 Å². The van der Waals surface area contributed by atoms with Gasteiger partial charge in [-0.3, -0.25) is 4.79 Å². The second kappa shape index (κ2) is 9.19. The SMILES string of the molecule is C=CCN(CC(=O)N(C)C1CCCCC1)S(=O)(=O)c1ccc(OC)cc1. The van der Waals surface area contributed by atoms with Crippen molar-refractivity contribution >= 4 is 15.9 Å². The number of nitrogens with zero attached hydrogens (tertiary/aromatic N) is 2. The lowest BCUT2D eigenvalue weighted by Crippen LogP contribution is -2.45. The van der Waals surface area contributed by atoms with Gasteiger partial charge in [-0.2, -0.15) is 4.31 Å². The number of amides is 1. The van der Waals surface area contributed by atoms with Gasteiger partial charge in [-0.25, -0.2) is 8.42 Å². The number of rotatable bonds is 8. The molecule has 0 aliphatic heterocycles. The zero-order valence-corrected chi connectivity index (χ0v) is 16.4. The molecule has 1 fully saturated rings. The monoisotopic (exact) mass is 380 g/mol. The molecule has 0 bridgehead atoms. The standard InChI is InChI=1S/C19H28N2O4S/c1-4-14-21(15-19(22)20(2)16-8-6-5-7-9-16)26(23,24)18-12-10-17(25-3)11-13-18/h4,10-13,16H,1,5-9,14-15H2,2-3H3. The van der Waals surface area contributed by atoms with E-state index in [4.69, 9.17) is 4.74 Å². The number of hydrogen-bond acceptors (Lipinski definition) is 4. The minimum absolute atomic E-state index is 0.0820. The Hall–Kier alpha value is -1.86. The maximum atomic E-state index is 12.9. The molecule has 0 saturated heterocycles. The number of hydrogen-bond donors (Lipinski definition) is 0. The van der Waals surface area contributed by atoms with Gasteiger partial charge in [-0.05, 0) is 37.1 Å². The van der Waals surface area contributed by atoms with Gasteiger partial charge >= 0.3 is 0 Å². The van der Waals surface area contributed by atoms with Gasteiger partial charge in [0.25, 0.3) is 0 Å². The molecular formula is C19H28N2O4S. The molecule has 0 unspecified atom stereocenters. The average Bonchev–Trinajstić information content (AvgIpc) is 2.67. The van der Waals surface area contributed by atoms with E-state index in [-0.39, 0.29) is 29.9 Å². The van der Waals surface area contributed by atoms with Crippen LogP contribution in [-0.4, -0.2) is 56.8 Å². The normalized spacial score (nSPS) is 15.7. The van der Waals surface area contributed by atoms with E-state index in [0.29, 0.717) is 5.75 Å². The zero-order valence-electron chi connectivity index (χ0n) is 15.6. The molecule has 0 atom stereocenters. The fourth-order valence-corrected chi connectivity index (χ4v) is 4.58. The van der Waals surface area contributed by atoms with Gasteiger partial charge in [0.05, 0.1) is 18.6 Å². The van der Waals surface area contributed by atoms with Gasteiger partial charge in [0.2, 0.25) is 15.9 Å². The summed E-state index contributed by atoms with van der Waals surface area (Å²) in [5, 5.41) is 0. The minimum Gasteiger partial charge on any atom is -0.497 e. The third-order valence-corrected chi connectivity index (χ3v) is 6.68. The molecular weight excluding hydrogens is 352 g/mol. The Balaban J connectivity index is 2.15. The van der Waals surface area contributed by atoms with Crippen molar-refractivity contribution in [2.75, 3.05) is 27.2 Å². The number of methoxy groups -OCH3 is 1. The highest BCUT2D eigenvalue weighted by atomic mass is 32.2. The first-order valence-electron chi connectivity index (χ1n) is 8.91. The van der Waals surface area contributed by atoms with Crippen LogP contribution in [-0.2, 0) is 14.8 Å². The molecule has 1 amide bonds. The summed E-state index contributed by atoms with van der Waals surface area (Å²) in [5.74, 6) is 0.392. The molecule has 1 aromatic rings. The molecule has 1 aliphatic rings. The first-order valence-corrected chi connectivity index (χ1v) is 10.3. The Kier molecular flexibility index (Phi) is 7.23. The molecule has 6 nitrogen and oxygen atoms in total. The van der Waals surface area contributed by atoms with E-state index in [1.165, 1.54) is 36.0 Å². The highest BCUT2D eigenvalue weighted by molar-refractivity contribution is 7.89. The van der Waals surface area contributed by atoms with Crippen molar-refractivity contribution in [3.8, 4) is 5.75 Å². The van der Waals surface area contributed by atoms with Gasteiger partial charge in [0, 0.05) is 19.6 Å². The van der Waals surface area contributed by atoms with Crippen LogP contribution in [0, 0.1) is 0 Å². The summed E-state index contributed by atoms with van der Waals surface area (Å²) in [6.07, 6.45) is 6.89. The maximum absolute atomic E-state index is 12.9. The Morgan fingerprint density at radius 2 is 1.85 bits per heavy atom. The highest BCUT2D eigenvalue weighted by Crippen LogP contribution is 2.23. The topological polar surface area (TPSA) is 66.9 Å². The predicted octanol–water partition coefficient (Wildman–Crippen LogP) is 2.66. The molecule has 1 aliphatic carbocycles. The number of benzene rings is 1. The smallest absolute Gasteiger partial charge is 0.243 e. The van der Waals surface area contributed by atoms with E-state index in [1.54, 1.807) is 24.1 Å². The molecule has 0 heterocycles. The van der Waals surface area contributed by atoms with Crippen LogP contribution in [0.2, 0.25) is 0 Å². The summed E-state index contributed by atoms with van der Waals surface area (Å²) >= 11 is 0. The molecule has 144 valence electrons. The lowest BCUT2D eigenvalue weighted by Gasteiger charge is -2.32. The average molecular weight is 381 g/mol. The Morgan fingerprint density at radius 3 is 2.38 bits per heavy atom. The number of likely N-dealkylation sites (N-methyl/N-ethyl adjacent to an activating group) is 1. The minimum atomic E-state index is -3.79. The second-order valence-electron chi connectivity index (χ2n) is 6.56. The molecule has 26 heavy (non-hydrogen) atoms. The van der Waals surface area contributed by atoms with E-state index in [0.717, 1.165) is 25.7 Å². The predicted molar refractivity (Wildman–Crippen MR) is 102 cm³/mol. The zero-order chi connectivity index (χ0) is 19.2. The van der Waals surface area contributed by atoms with Gasteiger partial charge in [0.15, 0.2) is 0 Å². The lowest BCUT2D eigenvalue weighted by atomic mass is 9.94. The number of carbonyl (C=O) groups excluding carboxylic acids is 1. The van der Waals surface area contributed by atoms with Crippen LogP contribution in [0.1, 0.15) is 32.1 Å². The van der Waals surface area contributed by atoms with Crippen LogP contribution in [0.3, 0.4) is 0 Å². The summed E-state index contributed by atoms with van der Waals surface area (Å²) in [6, 6.07) is 6.36. The first-order chi connectivity index (χ1) is 12.4. The molecule has 1 saturated carbocycles. The van der Waals surface area contributed by atoms with E-state index in [9.17, 15) is 13.2 Å². The first kappa shape index (κ1) is 20.5. The van der Waals surface area contributed by atoms with Crippen molar-refractivity contribution in [3.05, 3.63) is 36.9 Å². The second-order valence-corrected chi connectivity index (χ2v) is 8.50. The van der Waals surface area contributed by atoms with Crippen molar-refractivity contribution in [1.82, 2.24) is 9.21 Å². The van der Waals surface area contributed by atoms with E-state index in [2.05, 4.69) is 6.58 Å². The highest BCUT2D eigenvalue weighted by Gasteiger charge is 2.29. The quantitative estimate of drug-likeness (QED) is 0.650. The van der Waals surface area contributed by atoms with Crippen LogP contribution in [0.15, 0.2) is 41.8 Å². The summed E-state index contributed by atoms with van der Waals surface area (Å²) in [6.45, 7) is 3.52. The van der Waals surface area contributed by atoms with Crippen LogP contribution in [0.4, 0.5) is 0 Å². The van der Waals surface area contributed by atoms with Crippen molar-refractivity contribution < 1.29 is 17.9 Å². The van der Waals surface area contributed by atoms with E-state index >= 15 is 0 Å². The summed E-state index contributed by atoms with van der Waals surface area (Å²) < 4.78 is 32.1. The molecule has 7 heteroatoms. The lowest BCUT2D eigenvalue weighted by molar-refractivity contribution is -0.132. The van der Waals surface area contributed by atoms with Crippen molar-refractivity contribution in [2.45, 2.75) is 43.0 Å². The summed E-state index contributed by atoms with van der Waals surface area (Å²) in [5.41, 5.74) is 0. The van der Waals surface area contributed by atoms with E-state index < -0.39 is 10.0 Å². The Morgan fingerprint density at radius 1 is 1.23 bits per heavy atom. The number of carbonyl (C=O) groups is 1. The third kappa shape index (κ3) is 4.86. The maximum Gasteiger partial charge on any atom is 0.243 e. The number of ether oxygens (including phenoxy) is 1. The molecule has 1 aromatic carbocycles. The molecule has 0 spiro atoms. The van der Waals surface area contributed by atoms with Gasteiger partial charge in [0.1, 0.15) is 5.75 Å².